The first-order valence-electron chi connectivity index (χ1n) is 4.95. The van der Waals surface area contributed by atoms with E-state index < -0.39 is 11.9 Å². The number of carbonyl (C=O) groups is 3. The van der Waals surface area contributed by atoms with Crippen molar-refractivity contribution in [2.45, 2.75) is 33.1 Å². The zero-order valence-electron chi connectivity index (χ0n) is 9.56. The van der Waals surface area contributed by atoms with Crippen molar-refractivity contribution in [2.24, 2.45) is 10.3 Å². The van der Waals surface area contributed by atoms with Crippen LogP contribution in [0.4, 0.5) is 0 Å². The van der Waals surface area contributed by atoms with Gasteiger partial charge in [0, 0.05) is 33.1 Å². The number of hydrogen-bond donors (Lipinski definition) is 0. The molecule has 0 aliphatic heterocycles. The lowest BCUT2D eigenvalue weighted by molar-refractivity contribution is -0.141. The Morgan fingerprint density at radius 1 is 0.941 bits per heavy atom. The van der Waals surface area contributed by atoms with E-state index in [9.17, 15) is 14.4 Å². The maximum Gasteiger partial charge on any atom is 0.331 e. The van der Waals surface area contributed by atoms with Crippen molar-refractivity contribution in [3.63, 3.8) is 0 Å². The fourth-order valence-electron chi connectivity index (χ4n) is 1.26. The molecule has 0 aromatic heterocycles. The predicted molar refractivity (Wildman–Crippen MR) is 57.3 cm³/mol. The van der Waals surface area contributed by atoms with Crippen LogP contribution in [0.25, 0.3) is 0 Å². The summed E-state index contributed by atoms with van der Waals surface area (Å²) in [7, 11) is 0. The van der Waals surface area contributed by atoms with Crippen molar-refractivity contribution in [3.8, 4) is 0 Å². The summed E-state index contributed by atoms with van der Waals surface area (Å²) in [6, 6.07) is 0. The molecule has 0 N–H and O–H groups in total. The first kappa shape index (κ1) is 13.0. The van der Waals surface area contributed by atoms with Gasteiger partial charge in [-0.3, -0.25) is 4.79 Å². The van der Waals surface area contributed by atoms with Gasteiger partial charge in [-0.15, -0.1) is 0 Å². The topological polar surface area (TPSA) is 94.4 Å². The third-order valence-corrected chi connectivity index (χ3v) is 1.82. The quantitative estimate of drug-likeness (QED) is 0.519. The first-order valence-corrected chi connectivity index (χ1v) is 4.95. The molecule has 1 saturated carbocycles. The zero-order chi connectivity index (χ0) is 12.8. The van der Waals surface area contributed by atoms with Crippen LogP contribution in [0.3, 0.4) is 0 Å². The molecule has 0 aromatic carbocycles. The Kier molecular flexibility index (Phi) is 4.50. The summed E-state index contributed by atoms with van der Waals surface area (Å²) in [6.07, 6.45) is 0.491. The van der Waals surface area contributed by atoms with E-state index in [2.05, 4.69) is 20.0 Å². The molecule has 0 saturated heterocycles. The predicted octanol–water partition coefficient (Wildman–Crippen LogP) is 0.578. The molecule has 1 rings (SSSR count). The molecule has 17 heavy (non-hydrogen) atoms. The molecule has 0 bridgehead atoms. The van der Waals surface area contributed by atoms with Crippen molar-refractivity contribution < 1.29 is 24.1 Å². The Hall–Kier alpha value is -2.05. The van der Waals surface area contributed by atoms with Gasteiger partial charge in [-0.2, -0.15) is 0 Å². The zero-order valence-corrected chi connectivity index (χ0v) is 9.56. The lowest BCUT2D eigenvalue weighted by atomic mass is 9.95. The summed E-state index contributed by atoms with van der Waals surface area (Å²) < 4.78 is 0. The highest BCUT2D eigenvalue weighted by molar-refractivity contribution is 6.21. The Bertz CT molecular complexity index is 375. The number of rotatable bonds is 2. The number of nitrogens with zero attached hydrogens (tertiary/aromatic N) is 2. The van der Waals surface area contributed by atoms with Gasteiger partial charge in [0.1, 0.15) is 5.78 Å². The smallest absolute Gasteiger partial charge is 0.319 e. The largest absolute Gasteiger partial charge is 0.331 e. The van der Waals surface area contributed by atoms with Gasteiger partial charge in [-0.05, 0) is 0 Å². The van der Waals surface area contributed by atoms with Crippen molar-refractivity contribution in [1.82, 2.24) is 0 Å². The van der Waals surface area contributed by atoms with Crippen LogP contribution in [0.5, 0.6) is 0 Å². The first-order chi connectivity index (χ1) is 7.97. The summed E-state index contributed by atoms with van der Waals surface area (Å²) in [5, 5.41) is 7.07. The lowest BCUT2D eigenvalue weighted by Crippen LogP contribution is -2.23. The van der Waals surface area contributed by atoms with E-state index in [0.717, 1.165) is 0 Å². The molecule has 1 aliphatic carbocycles. The SMILES string of the molecule is CC(=O)O/N=C1\CC(=O)C/C(=N/OC(C)=O)C1. The second-order valence-corrected chi connectivity index (χ2v) is 3.55. The molecule has 1 fully saturated rings. The van der Waals surface area contributed by atoms with Crippen LogP contribution < -0.4 is 0 Å². The molecule has 0 aromatic rings. The third kappa shape index (κ3) is 5.01. The van der Waals surface area contributed by atoms with E-state index in [4.69, 9.17) is 0 Å². The number of oxime groups is 2. The molecule has 7 nitrogen and oxygen atoms in total. The molecular formula is C10H12N2O5. The van der Waals surface area contributed by atoms with Crippen LogP contribution in [0.15, 0.2) is 10.3 Å². The van der Waals surface area contributed by atoms with Crippen LogP contribution in [-0.2, 0) is 24.1 Å². The van der Waals surface area contributed by atoms with E-state index in [1.54, 1.807) is 0 Å². The van der Waals surface area contributed by atoms with E-state index in [-0.39, 0.29) is 25.0 Å². The van der Waals surface area contributed by atoms with Crippen LogP contribution in [0.1, 0.15) is 33.1 Å². The molecule has 0 spiro atoms. The summed E-state index contributed by atoms with van der Waals surface area (Å²) >= 11 is 0. The molecular weight excluding hydrogens is 228 g/mol. The fraction of sp³-hybridized carbons (Fsp3) is 0.500. The molecule has 0 amide bonds. The Morgan fingerprint density at radius 3 is 1.71 bits per heavy atom. The average molecular weight is 240 g/mol. The normalized spacial score (nSPS) is 20.5. The monoisotopic (exact) mass is 240 g/mol. The van der Waals surface area contributed by atoms with Gasteiger partial charge in [-0.1, -0.05) is 10.3 Å². The maximum atomic E-state index is 11.3. The van der Waals surface area contributed by atoms with E-state index in [1.807, 2.05) is 0 Å². The van der Waals surface area contributed by atoms with Gasteiger partial charge >= 0.3 is 11.9 Å². The van der Waals surface area contributed by atoms with Crippen molar-refractivity contribution in [1.29, 1.82) is 0 Å². The van der Waals surface area contributed by atoms with E-state index in [0.29, 0.717) is 11.4 Å². The summed E-state index contributed by atoms with van der Waals surface area (Å²) in [5.41, 5.74) is 0.782. The molecule has 0 atom stereocenters. The Labute approximate surface area is 97.4 Å². The van der Waals surface area contributed by atoms with Gasteiger partial charge < -0.3 is 9.68 Å². The minimum absolute atomic E-state index is 0.117. The van der Waals surface area contributed by atoms with E-state index >= 15 is 0 Å². The summed E-state index contributed by atoms with van der Waals surface area (Å²) in [4.78, 5) is 41.3. The highest BCUT2D eigenvalue weighted by atomic mass is 16.7. The standard InChI is InChI=1S/C10H12N2O5/c1-6(13)16-11-8-3-9(5-10(15)4-8)12-17-7(2)14/h3-5H2,1-2H3/b11-8-,12-9+. The number of hydrogen-bond acceptors (Lipinski definition) is 7. The molecule has 0 radical (unpaired) electrons. The number of carbonyl (C=O) groups excluding carboxylic acids is 3. The Morgan fingerprint density at radius 2 is 1.35 bits per heavy atom. The van der Waals surface area contributed by atoms with Crippen LogP contribution >= 0.6 is 0 Å². The van der Waals surface area contributed by atoms with Crippen LogP contribution in [-0.4, -0.2) is 29.1 Å². The van der Waals surface area contributed by atoms with Crippen LogP contribution in [0, 0.1) is 0 Å². The maximum absolute atomic E-state index is 11.3. The molecule has 92 valence electrons. The van der Waals surface area contributed by atoms with Gasteiger partial charge in [-0.25, -0.2) is 9.59 Å². The molecule has 0 heterocycles. The summed E-state index contributed by atoms with van der Waals surface area (Å²) in [5.74, 6) is -1.24. The van der Waals surface area contributed by atoms with Crippen molar-refractivity contribution >= 4 is 29.1 Å². The lowest BCUT2D eigenvalue weighted by Gasteiger charge is -2.12. The minimum atomic E-state index is -0.561. The fourth-order valence-corrected chi connectivity index (χ4v) is 1.26. The summed E-state index contributed by atoms with van der Waals surface area (Å²) in [6.45, 7) is 2.42. The van der Waals surface area contributed by atoms with Crippen LogP contribution in [0.2, 0.25) is 0 Å². The van der Waals surface area contributed by atoms with Gasteiger partial charge in [0.15, 0.2) is 0 Å². The highest BCUT2D eigenvalue weighted by Gasteiger charge is 2.21. The second kappa shape index (κ2) is 5.88. The number of Topliss-reactive ketones (excluding diaryl/α,β-unsaturated/α-hetero) is 1. The third-order valence-electron chi connectivity index (χ3n) is 1.82. The Balaban J connectivity index is 2.68. The van der Waals surface area contributed by atoms with Crippen molar-refractivity contribution in [3.05, 3.63) is 0 Å². The van der Waals surface area contributed by atoms with E-state index in [1.165, 1.54) is 13.8 Å². The highest BCUT2D eigenvalue weighted by Crippen LogP contribution is 2.11. The van der Waals surface area contributed by atoms with Crippen molar-refractivity contribution in [2.75, 3.05) is 0 Å². The second-order valence-electron chi connectivity index (χ2n) is 3.55. The van der Waals surface area contributed by atoms with Gasteiger partial charge in [0.2, 0.25) is 0 Å². The molecule has 7 heteroatoms. The van der Waals surface area contributed by atoms with Gasteiger partial charge in [0.25, 0.3) is 0 Å². The average Bonchev–Trinajstić information content (AvgIpc) is 2.23. The minimum Gasteiger partial charge on any atom is -0.319 e. The number of ketones is 1. The molecule has 0 unspecified atom stereocenters. The van der Waals surface area contributed by atoms with Gasteiger partial charge in [0.05, 0.1) is 11.4 Å². The molecule has 1 aliphatic rings.